The van der Waals surface area contributed by atoms with Crippen LogP contribution in [0.25, 0.3) is 0 Å². The molecule has 2 N–H and O–H groups in total. The number of nitrogens with zero attached hydrogens (tertiary/aromatic N) is 2. The van der Waals surface area contributed by atoms with Gasteiger partial charge < -0.3 is 15.4 Å². The van der Waals surface area contributed by atoms with Gasteiger partial charge in [-0.15, -0.1) is 0 Å². The van der Waals surface area contributed by atoms with E-state index in [-0.39, 0.29) is 18.1 Å². The fraction of sp³-hybridized carbons (Fsp3) is 0.538. The molecule has 104 valence electrons. The third kappa shape index (κ3) is 3.32. The van der Waals surface area contributed by atoms with Gasteiger partial charge in [-0.25, -0.2) is 4.98 Å². The average Bonchev–Trinajstić information content (AvgIpc) is 2.46. The summed E-state index contributed by atoms with van der Waals surface area (Å²) in [7, 11) is 1.70. The minimum atomic E-state index is -0.0579. The van der Waals surface area contributed by atoms with Crippen molar-refractivity contribution in [3.63, 3.8) is 0 Å². The number of rotatable bonds is 3. The van der Waals surface area contributed by atoms with E-state index in [1.807, 2.05) is 11.0 Å². The largest absolute Gasteiger partial charge is 0.381 e. The first-order valence-electron chi connectivity index (χ1n) is 6.31. The smallest absolute Gasteiger partial charge is 0.272 e. The first-order chi connectivity index (χ1) is 9.15. The van der Waals surface area contributed by atoms with E-state index in [2.05, 4.69) is 20.9 Å². The second-order valence-electron chi connectivity index (χ2n) is 4.63. The molecule has 0 spiro atoms. The maximum absolute atomic E-state index is 12.4. The summed E-state index contributed by atoms with van der Waals surface area (Å²) in [5, 5.41) is 0. The van der Waals surface area contributed by atoms with Gasteiger partial charge in [-0.05, 0) is 40.9 Å². The number of aromatic nitrogens is 1. The molecule has 19 heavy (non-hydrogen) atoms. The lowest BCUT2D eigenvalue weighted by molar-refractivity contribution is 0.0136. The summed E-state index contributed by atoms with van der Waals surface area (Å²) in [6.45, 7) is 1.11. The Kier molecular flexibility index (Phi) is 4.90. The predicted molar refractivity (Wildman–Crippen MR) is 75.8 cm³/mol. The molecule has 1 aliphatic rings. The molecule has 2 unspecified atom stereocenters. The van der Waals surface area contributed by atoms with Crippen LogP contribution in [0.3, 0.4) is 0 Å². The molecule has 5 nitrogen and oxygen atoms in total. The maximum Gasteiger partial charge on any atom is 0.272 e. The van der Waals surface area contributed by atoms with Crippen LogP contribution in [0.4, 0.5) is 0 Å². The van der Waals surface area contributed by atoms with E-state index < -0.39 is 0 Å². The number of amides is 1. The highest BCUT2D eigenvalue weighted by Crippen LogP contribution is 2.21. The van der Waals surface area contributed by atoms with Crippen molar-refractivity contribution in [1.29, 1.82) is 0 Å². The summed E-state index contributed by atoms with van der Waals surface area (Å²) in [4.78, 5) is 18.4. The normalized spacial score (nSPS) is 23.4. The van der Waals surface area contributed by atoms with Crippen molar-refractivity contribution in [1.82, 2.24) is 9.88 Å². The summed E-state index contributed by atoms with van der Waals surface area (Å²) >= 11 is 3.31. The molecular weight excluding hydrogens is 310 g/mol. The average molecular weight is 328 g/mol. The number of piperidine rings is 1. The van der Waals surface area contributed by atoms with Crippen LogP contribution < -0.4 is 5.73 Å². The number of halogens is 1. The van der Waals surface area contributed by atoms with E-state index in [1.54, 1.807) is 19.4 Å². The van der Waals surface area contributed by atoms with Crippen molar-refractivity contribution < 1.29 is 9.53 Å². The van der Waals surface area contributed by atoms with Gasteiger partial charge in [0.05, 0.1) is 6.10 Å². The Balaban J connectivity index is 2.11. The number of carbonyl (C=O) groups is 1. The number of likely N-dealkylation sites (tertiary alicyclic amines) is 1. The van der Waals surface area contributed by atoms with Crippen LogP contribution in [-0.4, -0.2) is 48.1 Å². The third-order valence-electron chi connectivity index (χ3n) is 3.48. The summed E-state index contributed by atoms with van der Waals surface area (Å²) < 4.78 is 6.22. The van der Waals surface area contributed by atoms with Crippen LogP contribution in [0, 0.1) is 0 Å². The van der Waals surface area contributed by atoms with E-state index >= 15 is 0 Å². The van der Waals surface area contributed by atoms with Gasteiger partial charge >= 0.3 is 0 Å². The molecule has 0 aromatic carbocycles. The maximum atomic E-state index is 12.4. The van der Waals surface area contributed by atoms with Crippen molar-refractivity contribution in [2.75, 3.05) is 20.2 Å². The molecule has 0 bridgehead atoms. The molecule has 1 aliphatic heterocycles. The molecule has 1 aromatic heterocycles. The molecule has 1 amide bonds. The number of pyridine rings is 1. The van der Waals surface area contributed by atoms with E-state index in [4.69, 9.17) is 10.5 Å². The molecule has 1 fully saturated rings. The number of nitrogens with two attached hydrogens (primary N) is 1. The molecule has 6 heteroatoms. The molecule has 1 aromatic rings. The van der Waals surface area contributed by atoms with Crippen LogP contribution in [0.15, 0.2) is 22.8 Å². The Morgan fingerprint density at radius 1 is 1.63 bits per heavy atom. The summed E-state index contributed by atoms with van der Waals surface area (Å²) in [5.41, 5.74) is 6.23. The van der Waals surface area contributed by atoms with Gasteiger partial charge in [-0.2, -0.15) is 0 Å². The van der Waals surface area contributed by atoms with E-state index in [9.17, 15) is 4.79 Å². The molecule has 0 aliphatic carbocycles. The highest BCUT2D eigenvalue weighted by molar-refractivity contribution is 9.10. The molecule has 2 atom stereocenters. The first kappa shape index (κ1) is 14.4. The SMILES string of the molecule is COC1CCN(C(=O)c2ccc(Br)cn2)C(CN)C1. The summed E-state index contributed by atoms with van der Waals surface area (Å²) in [6.07, 6.45) is 3.45. The molecule has 0 radical (unpaired) electrons. The zero-order chi connectivity index (χ0) is 13.8. The van der Waals surface area contributed by atoms with E-state index in [1.165, 1.54) is 0 Å². The lowest BCUT2D eigenvalue weighted by atomic mass is 9.99. The van der Waals surface area contributed by atoms with Crippen LogP contribution in [0.1, 0.15) is 23.3 Å². The Bertz CT molecular complexity index is 438. The quantitative estimate of drug-likeness (QED) is 0.911. The minimum Gasteiger partial charge on any atom is -0.381 e. The standard InChI is InChI=1S/C13H18BrN3O2/c1-19-11-4-5-17(10(6-11)7-15)13(18)12-3-2-9(14)8-16-12/h2-3,8,10-11H,4-7,15H2,1H3. The lowest BCUT2D eigenvalue weighted by Gasteiger charge is -2.38. The topological polar surface area (TPSA) is 68.5 Å². The van der Waals surface area contributed by atoms with E-state index in [0.717, 1.165) is 17.3 Å². The van der Waals surface area contributed by atoms with Crippen LogP contribution in [0.5, 0.6) is 0 Å². The Labute approximate surface area is 121 Å². The van der Waals surface area contributed by atoms with Crippen molar-refractivity contribution in [2.24, 2.45) is 5.73 Å². The molecule has 1 saturated heterocycles. The second kappa shape index (κ2) is 6.45. The van der Waals surface area contributed by atoms with Gasteiger partial charge in [0, 0.05) is 36.9 Å². The van der Waals surface area contributed by atoms with Crippen molar-refractivity contribution in [3.8, 4) is 0 Å². The van der Waals surface area contributed by atoms with Crippen molar-refractivity contribution in [3.05, 3.63) is 28.5 Å². The molecule has 0 saturated carbocycles. The monoisotopic (exact) mass is 327 g/mol. The van der Waals surface area contributed by atoms with Crippen LogP contribution in [0.2, 0.25) is 0 Å². The van der Waals surface area contributed by atoms with Gasteiger partial charge in [-0.3, -0.25) is 4.79 Å². The molecular formula is C13H18BrN3O2. The fourth-order valence-corrected chi connectivity index (χ4v) is 2.60. The number of ether oxygens (including phenoxy) is 1. The van der Waals surface area contributed by atoms with Gasteiger partial charge in [0.2, 0.25) is 0 Å². The van der Waals surface area contributed by atoms with Gasteiger partial charge in [-0.1, -0.05) is 0 Å². The highest BCUT2D eigenvalue weighted by Gasteiger charge is 2.31. The predicted octanol–water partition coefficient (Wildman–Crippen LogP) is 1.42. The number of carbonyl (C=O) groups excluding carboxylic acids is 1. The molecule has 2 heterocycles. The Morgan fingerprint density at radius 2 is 2.42 bits per heavy atom. The zero-order valence-electron chi connectivity index (χ0n) is 10.9. The summed E-state index contributed by atoms with van der Waals surface area (Å²) in [5.74, 6) is -0.0579. The number of hydrogen-bond acceptors (Lipinski definition) is 4. The van der Waals surface area contributed by atoms with Crippen LogP contribution in [-0.2, 0) is 4.74 Å². The van der Waals surface area contributed by atoms with Crippen molar-refractivity contribution in [2.45, 2.75) is 25.0 Å². The second-order valence-corrected chi connectivity index (χ2v) is 5.55. The Hall–Kier alpha value is -0.980. The van der Waals surface area contributed by atoms with Gasteiger partial charge in [0.25, 0.3) is 5.91 Å². The minimum absolute atomic E-state index is 0.0247. The third-order valence-corrected chi connectivity index (χ3v) is 3.95. The first-order valence-corrected chi connectivity index (χ1v) is 7.10. The van der Waals surface area contributed by atoms with Gasteiger partial charge in [0.1, 0.15) is 5.69 Å². The number of hydrogen-bond donors (Lipinski definition) is 1. The summed E-state index contributed by atoms with van der Waals surface area (Å²) in [6, 6.07) is 3.57. The van der Waals surface area contributed by atoms with Crippen molar-refractivity contribution >= 4 is 21.8 Å². The lowest BCUT2D eigenvalue weighted by Crippen LogP contribution is -2.51. The number of methoxy groups -OCH3 is 1. The van der Waals surface area contributed by atoms with Gasteiger partial charge in [0.15, 0.2) is 0 Å². The van der Waals surface area contributed by atoms with Crippen LogP contribution >= 0.6 is 15.9 Å². The molecule has 2 rings (SSSR count). The fourth-order valence-electron chi connectivity index (χ4n) is 2.37. The Morgan fingerprint density at radius 3 is 3.00 bits per heavy atom. The zero-order valence-corrected chi connectivity index (χ0v) is 12.5. The van der Waals surface area contributed by atoms with E-state index in [0.29, 0.717) is 18.8 Å². The highest BCUT2D eigenvalue weighted by atomic mass is 79.9.